The summed E-state index contributed by atoms with van der Waals surface area (Å²) in [6.07, 6.45) is 3.32. The van der Waals surface area contributed by atoms with Crippen LogP contribution in [0.5, 0.6) is 0 Å². The van der Waals surface area contributed by atoms with Gasteiger partial charge in [-0.05, 0) is 71.0 Å². The second-order valence-electron chi connectivity index (χ2n) is 12.4. The van der Waals surface area contributed by atoms with Crippen molar-refractivity contribution in [3.8, 4) is 27.5 Å². The van der Waals surface area contributed by atoms with Crippen molar-refractivity contribution in [2.45, 2.75) is 56.8 Å². The number of aromatic carboxylic acids is 1. The molecule has 3 aromatic carbocycles. The van der Waals surface area contributed by atoms with Gasteiger partial charge in [0.15, 0.2) is 22.5 Å². The lowest BCUT2D eigenvalue weighted by Crippen LogP contribution is -2.10. The standard InChI is InChI=1S/C34H33FN4O3S2/c1-34(2,3)25-12-10-22(11-13-25)23-5-4-6-24(18-23)31-26(15-21-9-14-30(44(36)42)27(35)16-21)29(17-20-7-8-20)39(38-31)33-37-28(19-43-33)32(40)41/h4-6,9-14,16,18-20H,7-8,15,17H2,1-3H3,(H2,36,42)(H,40,41)/p+1. The molecule has 1 aliphatic rings. The average Bonchev–Trinajstić information content (AvgIpc) is 3.54. The largest absolute Gasteiger partial charge is 0.476 e. The zero-order valence-corrected chi connectivity index (χ0v) is 26.5. The topological polar surface area (TPSA) is 111 Å². The van der Waals surface area contributed by atoms with Crippen molar-refractivity contribution in [1.82, 2.24) is 14.8 Å². The Balaban J connectivity index is 1.49. The number of thiol groups is 1. The van der Waals surface area contributed by atoms with E-state index >= 15 is 0 Å². The van der Waals surface area contributed by atoms with Crippen LogP contribution >= 0.6 is 11.3 Å². The van der Waals surface area contributed by atoms with Gasteiger partial charge in [0.2, 0.25) is 10.0 Å². The van der Waals surface area contributed by atoms with Crippen LogP contribution in [0.2, 0.25) is 0 Å². The van der Waals surface area contributed by atoms with Crippen LogP contribution < -0.4 is 5.14 Å². The normalized spacial score (nSPS) is 14.1. The van der Waals surface area contributed by atoms with Gasteiger partial charge < -0.3 is 5.11 Å². The molecular weight excluding hydrogens is 596 g/mol. The van der Waals surface area contributed by atoms with Crippen molar-refractivity contribution in [2.75, 3.05) is 0 Å². The summed E-state index contributed by atoms with van der Waals surface area (Å²) in [4.78, 5) is 16.0. The molecule has 1 fully saturated rings. The molecule has 2 aromatic heterocycles. The van der Waals surface area contributed by atoms with E-state index < -0.39 is 22.8 Å². The van der Waals surface area contributed by atoms with E-state index in [1.165, 1.54) is 34.4 Å². The monoisotopic (exact) mass is 629 g/mol. The summed E-state index contributed by atoms with van der Waals surface area (Å²) in [7, 11) is -2.30. The number of carboxylic acid groups (broad SMARTS) is 1. The maximum Gasteiger partial charge on any atom is 0.355 e. The number of benzene rings is 3. The number of carboxylic acids is 1. The molecule has 1 atom stereocenters. The van der Waals surface area contributed by atoms with Gasteiger partial charge in [0, 0.05) is 22.9 Å². The molecule has 1 aliphatic carbocycles. The lowest BCUT2D eigenvalue weighted by molar-refractivity contribution is 0.0691. The van der Waals surface area contributed by atoms with E-state index in [1.807, 2.05) is 12.1 Å². The number of rotatable bonds is 9. The Morgan fingerprint density at radius 1 is 1.07 bits per heavy atom. The van der Waals surface area contributed by atoms with Gasteiger partial charge in [-0.2, -0.15) is 5.10 Å². The first kappa shape index (κ1) is 30.1. The fraction of sp³-hybridized carbons (Fsp3) is 0.265. The average molecular weight is 630 g/mol. The van der Waals surface area contributed by atoms with Crippen molar-refractivity contribution >= 4 is 28.3 Å². The molecule has 1 saturated carbocycles. The highest BCUT2D eigenvalue weighted by molar-refractivity contribution is 7.82. The lowest BCUT2D eigenvalue weighted by Gasteiger charge is -2.19. The molecule has 5 aromatic rings. The summed E-state index contributed by atoms with van der Waals surface area (Å²) in [5, 5.41) is 22.1. The SMILES string of the molecule is CC(C)(C)c1ccc(-c2cccc(-c3nn(-c4nc(C(=O)O)cs4)c(CC4CC4)c3Cc3ccc([SH+](N)=O)c(F)c3)c2)cc1. The molecule has 0 aliphatic heterocycles. The van der Waals surface area contributed by atoms with E-state index in [9.17, 15) is 18.5 Å². The number of hydrogen-bond acceptors (Lipinski definition) is 5. The fourth-order valence-corrected chi connectivity index (χ4v) is 6.65. The summed E-state index contributed by atoms with van der Waals surface area (Å²) < 4.78 is 28.5. The third kappa shape index (κ3) is 6.29. The zero-order valence-electron chi connectivity index (χ0n) is 24.8. The molecule has 0 spiro atoms. The molecular formula is C34H34FN4O3S2+. The first-order valence-electron chi connectivity index (χ1n) is 14.5. The number of halogens is 1. The molecule has 3 N–H and O–H groups in total. The Hall–Kier alpha value is -3.99. The van der Waals surface area contributed by atoms with Gasteiger partial charge in [-0.15, -0.1) is 16.5 Å². The van der Waals surface area contributed by atoms with Crippen molar-refractivity contribution in [3.05, 3.63) is 106 Å². The minimum atomic E-state index is -2.30. The van der Waals surface area contributed by atoms with Crippen molar-refractivity contribution in [1.29, 1.82) is 0 Å². The lowest BCUT2D eigenvalue weighted by atomic mass is 9.86. The minimum Gasteiger partial charge on any atom is -0.476 e. The van der Waals surface area contributed by atoms with Gasteiger partial charge in [-0.25, -0.2) is 18.9 Å². The van der Waals surface area contributed by atoms with Crippen LogP contribution in [0.25, 0.3) is 27.5 Å². The van der Waals surface area contributed by atoms with E-state index in [1.54, 1.807) is 10.7 Å². The Labute approximate surface area is 262 Å². The molecule has 2 heterocycles. The second-order valence-corrected chi connectivity index (χ2v) is 14.3. The van der Waals surface area contributed by atoms with E-state index in [0.717, 1.165) is 52.9 Å². The Bertz CT molecular complexity index is 1890. The van der Waals surface area contributed by atoms with Crippen LogP contribution in [0.3, 0.4) is 0 Å². The molecule has 226 valence electrons. The highest BCUT2D eigenvalue weighted by Crippen LogP contribution is 2.39. The van der Waals surface area contributed by atoms with Crippen LogP contribution in [0.15, 0.2) is 77.0 Å². The highest BCUT2D eigenvalue weighted by Gasteiger charge is 2.29. The van der Waals surface area contributed by atoms with Crippen molar-refractivity contribution < 1.29 is 18.5 Å². The number of aromatic nitrogens is 3. The summed E-state index contributed by atoms with van der Waals surface area (Å²) in [5.41, 5.74) is 7.57. The number of nitrogens with two attached hydrogens (primary N) is 1. The maximum absolute atomic E-state index is 14.9. The summed E-state index contributed by atoms with van der Waals surface area (Å²) in [6, 6.07) is 21.4. The van der Waals surface area contributed by atoms with Gasteiger partial charge in [-0.3, -0.25) is 0 Å². The highest BCUT2D eigenvalue weighted by atomic mass is 32.2. The molecule has 0 saturated heterocycles. The zero-order chi connectivity index (χ0) is 31.2. The second kappa shape index (κ2) is 11.8. The first-order chi connectivity index (χ1) is 21.0. The third-order valence-electron chi connectivity index (χ3n) is 8.01. The molecule has 0 radical (unpaired) electrons. The summed E-state index contributed by atoms with van der Waals surface area (Å²) >= 11 is 1.23. The Kier molecular flexibility index (Phi) is 8.08. The van der Waals surface area contributed by atoms with E-state index in [2.05, 4.69) is 62.2 Å². The predicted molar refractivity (Wildman–Crippen MR) is 173 cm³/mol. The van der Waals surface area contributed by atoms with Crippen LogP contribution in [0.1, 0.15) is 66.5 Å². The molecule has 0 bridgehead atoms. The number of nitrogens with zero attached hydrogens (tertiary/aromatic N) is 3. The first-order valence-corrected chi connectivity index (χ1v) is 16.7. The van der Waals surface area contributed by atoms with Gasteiger partial charge in [0.1, 0.15) is 0 Å². The van der Waals surface area contributed by atoms with Crippen LogP contribution in [-0.2, 0) is 33.5 Å². The van der Waals surface area contributed by atoms with Crippen LogP contribution in [0.4, 0.5) is 4.39 Å². The molecule has 6 rings (SSSR count). The Morgan fingerprint density at radius 2 is 1.80 bits per heavy atom. The van der Waals surface area contributed by atoms with Gasteiger partial charge >= 0.3 is 5.97 Å². The Morgan fingerprint density at radius 3 is 2.41 bits per heavy atom. The quantitative estimate of drug-likeness (QED) is 0.132. The number of thiazole rings is 1. The summed E-state index contributed by atoms with van der Waals surface area (Å²) in [5.74, 6) is -1.21. The molecule has 7 nitrogen and oxygen atoms in total. The van der Waals surface area contributed by atoms with E-state index in [0.29, 0.717) is 23.0 Å². The molecule has 0 amide bonds. The smallest absolute Gasteiger partial charge is 0.355 e. The molecule has 44 heavy (non-hydrogen) atoms. The predicted octanol–water partition coefficient (Wildman–Crippen LogP) is 7.27. The van der Waals surface area contributed by atoms with Gasteiger partial charge in [-0.1, -0.05) is 73.5 Å². The maximum atomic E-state index is 14.9. The number of hydrogen-bond donors (Lipinski definition) is 2. The van der Waals surface area contributed by atoms with E-state index in [4.69, 9.17) is 10.2 Å². The minimum absolute atomic E-state index is 0.00737. The van der Waals surface area contributed by atoms with Crippen LogP contribution in [0, 0.1) is 11.7 Å². The van der Waals surface area contributed by atoms with Crippen molar-refractivity contribution in [2.24, 2.45) is 11.1 Å². The fourth-order valence-electron chi connectivity index (χ4n) is 5.38. The van der Waals surface area contributed by atoms with Crippen LogP contribution in [-0.4, -0.2) is 25.8 Å². The summed E-state index contributed by atoms with van der Waals surface area (Å²) in [6.45, 7) is 6.57. The van der Waals surface area contributed by atoms with Gasteiger partial charge in [0.05, 0.1) is 11.4 Å². The molecule has 1 unspecified atom stereocenters. The number of carbonyl (C=O) groups is 1. The van der Waals surface area contributed by atoms with E-state index in [-0.39, 0.29) is 16.0 Å². The van der Waals surface area contributed by atoms with Crippen molar-refractivity contribution in [3.63, 3.8) is 0 Å². The molecule has 10 heteroatoms. The van der Waals surface area contributed by atoms with Gasteiger partial charge in [0.25, 0.3) is 0 Å². The third-order valence-corrected chi connectivity index (χ3v) is 9.67.